The summed E-state index contributed by atoms with van der Waals surface area (Å²) in [5.74, 6) is 0.512. The van der Waals surface area contributed by atoms with Crippen molar-refractivity contribution >= 4 is 27.3 Å². The second-order valence-electron chi connectivity index (χ2n) is 5.67. The van der Waals surface area contributed by atoms with Gasteiger partial charge in [-0.15, -0.1) is 0 Å². The average molecular weight is 371 g/mol. The van der Waals surface area contributed by atoms with Crippen LogP contribution in [0.4, 0.5) is 5.69 Å². The number of hydrogen-bond acceptors (Lipinski definition) is 5. The molecule has 1 aliphatic rings. The Balaban J connectivity index is 2.03. The van der Waals surface area contributed by atoms with E-state index >= 15 is 0 Å². The zero-order chi connectivity index (χ0) is 17.5. The summed E-state index contributed by atoms with van der Waals surface area (Å²) in [6.07, 6.45) is 2.98. The first-order valence-corrected chi connectivity index (χ1v) is 9.11. The Labute approximate surface area is 144 Å². The molecule has 0 atom stereocenters. The molecule has 0 radical (unpaired) electrons. The summed E-state index contributed by atoms with van der Waals surface area (Å²) in [5.41, 5.74) is -0.0700. The first-order valence-electron chi connectivity index (χ1n) is 7.29. The van der Waals surface area contributed by atoms with Crippen LogP contribution in [0.2, 0.25) is 5.02 Å². The molecule has 128 valence electrons. The van der Waals surface area contributed by atoms with Crippen molar-refractivity contribution in [2.75, 3.05) is 0 Å². The van der Waals surface area contributed by atoms with Crippen LogP contribution < -0.4 is 0 Å². The average Bonchev–Trinajstić information content (AvgIpc) is 3.22. The molecule has 24 heavy (non-hydrogen) atoms. The van der Waals surface area contributed by atoms with Gasteiger partial charge in [0.15, 0.2) is 0 Å². The Kier molecular flexibility index (Phi) is 4.37. The van der Waals surface area contributed by atoms with Crippen molar-refractivity contribution in [1.82, 2.24) is 4.31 Å². The fraction of sp³-hybridized carbons (Fsp3) is 0.333. The van der Waals surface area contributed by atoms with E-state index in [2.05, 4.69) is 0 Å². The highest BCUT2D eigenvalue weighted by Gasteiger charge is 2.39. The van der Waals surface area contributed by atoms with Crippen LogP contribution >= 0.6 is 11.6 Å². The second kappa shape index (κ2) is 6.19. The molecule has 0 aliphatic heterocycles. The molecule has 0 saturated heterocycles. The summed E-state index contributed by atoms with van der Waals surface area (Å²) < 4.78 is 32.5. The number of sulfonamides is 1. The Morgan fingerprint density at radius 3 is 2.67 bits per heavy atom. The maximum Gasteiger partial charge on any atom is 0.275 e. The molecule has 0 N–H and O–H groups in total. The van der Waals surface area contributed by atoms with Crippen molar-refractivity contribution < 1.29 is 17.8 Å². The van der Waals surface area contributed by atoms with Crippen molar-refractivity contribution in [2.45, 2.75) is 37.2 Å². The summed E-state index contributed by atoms with van der Waals surface area (Å²) in [7, 11) is -3.92. The molecule has 0 spiro atoms. The maximum absolute atomic E-state index is 13.0. The molecular formula is C15H15ClN2O5S. The minimum absolute atomic E-state index is 0.0523. The van der Waals surface area contributed by atoms with Crippen LogP contribution in [0.15, 0.2) is 39.8 Å². The Morgan fingerprint density at radius 1 is 1.42 bits per heavy atom. The summed E-state index contributed by atoms with van der Waals surface area (Å²) in [6, 6.07) is 5.57. The number of furan rings is 1. The molecule has 0 unspecified atom stereocenters. The minimum Gasteiger partial charge on any atom is -0.468 e. The molecule has 0 bridgehead atoms. The van der Waals surface area contributed by atoms with E-state index in [4.69, 9.17) is 16.0 Å². The highest BCUT2D eigenvalue weighted by atomic mass is 35.5. The predicted molar refractivity (Wildman–Crippen MR) is 87.3 cm³/mol. The molecule has 1 aromatic heterocycles. The summed E-state index contributed by atoms with van der Waals surface area (Å²) in [5, 5.41) is 11.2. The lowest BCUT2D eigenvalue weighted by Gasteiger charge is -2.21. The van der Waals surface area contributed by atoms with E-state index in [1.54, 1.807) is 12.1 Å². The van der Waals surface area contributed by atoms with Crippen LogP contribution in [0.1, 0.15) is 24.2 Å². The molecular weight excluding hydrogens is 356 g/mol. The number of nitro benzene ring substituents is 1. The van der Waals surface area contributed by atoms with Gasteiger partial charge in [0.05, 0.1) is 27.6 Å². The normalized spacial score (nSPS) is 15.0. The zero-order valence-electron chi connectivity index (χ0n) is 12.8. The molecule has 1 fully saturated rings. The number of hydrogen-bond donors (Lipinski definition) is 0. The van der Waals surface area contributed by atoms with E-state index in [9.17, 15) is 18.5 Å². The van der Waals surface area contributed by atoms with Gasteiger partial charge in [-0.25, -0.2) is 8.42 Å². The van der Waals surface area contributed by atoms with Crippen molar-refractivity contribution in [3.8, 4) is 0 Å². The van der Waals surface area contributed by atoms with Crippen molar-refractivity contribution in [3.05, 3.63) is 57.0 Å². The zero-order valence-corrected chi connectivity index (χ0v) is 14.4. The highest BCUT2D eigenvalue weighted by molar-refractivity contribution is 7.89. The molecule has 7 nitrogen and oxygen atoms in total. The Hall–Kier alpha value is -1.90. The third-order valence-electron chi connectivity index (χ3n) is 3.94. The molecule has 9 heteroatoms. The molecule has 1 saturated carbocycles. The van der Waals surface area contributed by atoms with E-state index in [1.807, 2.05) is 0 Å². The predicted octanol–water partition coefficient (Wildman–Crippen LogP) is 3.50. The lowest BCUT2D eigenvalue weighted by Crippen LogP contribution is -2.32. The van der Waals surface area contributed by atoms with Gasteiger partial charge in [0.1, 0.15) is 5.76 Å². The molecule has 1 aliphatic carbocycles. The topological polar surface area (TPSA) is 93.7 Å². The number of halogens is 1. The Morgan fingerprint density at radius 2 is 2.12 bits per heavy atom. The van der Waals surface area contributed by atoms with Gasteiger partial charge in [-0.05, 0) is 38.0 Å². The van der Waals surface area contributed by atoms with Crippen LogP contribution in [-0.4, -0.2) is 23.7 Å². The van der Waals surface area contributed by atoms with Gasteiger partial charge in [0.25, 0.3) is 5.69 Å². The lowest BCUT2D eigenvalue weighted by molar-refractivity contribution is -0.385. The van der Waals surface area contributed by atoms with Gasteiger partial charge in [0, 0.05) is 17.7 Å². The standard InChI is InChI=1S/C15H15ClN2O5S/c1-10-14(16)7-13(8-15(10)18(19)20)24(21,22)17(11-4-5-11)9-12-3-2-6-23-12/h2-3,6-8,11H,4-5,9H2,1H3. The second-order valence-corrected chi connectivity index (χ2v) is 7.96. The fourth-order valence-electron chi connectivity index (χ4n) is 2.44. The van der Waals surface area contributed by atoms with Gasteiger partial charge in [0.2, 0.25) is 10.0 Å². The first kappa shape index (κ1) is 16.9. The van der Waals surface area contributed by atoms with Crippen LogP contribution in [0.25, 0.3) is 0 Å². The van der Waals surface area contributed by atoms with Crippen LogP contribution in [0, 0.1) is 17.0 Å². The fourth-order valence-corrected chi connectivity index (χ4v) is 4.42. The molecule has 0 amide bonds. The Bertz CT molecular complexity index is 876. The summed E-state index contributed by atoms with van der Waals surface area (Å²) in [4.78, 5) is 10.3. The van der Waals surface area contributed by atoms with Gasteiger partial charge in [-0.3, -0.25) is 10.1 Å². The van der Waals surface area contributed by atoms with Gasteiger partial charge >= 0.3 is 0 Å². The van der Waals surface area contributed by atoms with Crippen LogP contribution in [0.3, 0.4) is 0 Å². The number of rotatable bonds is 6. The van der Waals surface area contributed by atoms with Crippen LogP contribution in [-0.2, 0) is 16.6 Å². The largest absolute Gasteiger partial charge is 0.468 e. The van der Waals surface area contributed by atoms with Crippen molar-refractivity contribution in [1.29, 1.82) is 0 Å². The lowest BCUT2D eigenvalue weighted by atomic mass is 10.2. The van der Waals surface area contributed by atoms with Crippen molar-refractivity contribution in [2.24, 2.45) is 0 Å². The van der Waals surface area contributed by atoms with Crippen LogP contribution in [0.5, 0.6) is 0 Å². The first-order chi connectivity index (χ1) is 11.3. The number of nitrogens with zero attached hydrogens (tertiary/aromatic N) is 2. The summed E-state index contributed by atoms with van der Waals surface area (Å²) in [6.45, 7) is 1.57. The quantitative estimate of drug-likeness (QED) is 0.573. The molecule has 1 heterocycles. The van der Waals surface area contributed by atoms with E-state index in [-0.39, 0.29) is 33.8 Å². The monoisotopic (exact) mass is 370 g/mol. The third-order valence-corrected chi connectivity index (χ3v) is 6.21. The molecule has 3 rings (SSSR count). The van der Waals surface area contributed by atoms with Gasteiger partial charge in [-0.2, -0.15) is 4.31 Å². The molecule has 1 aromatic carbocycles. The SMILES string of the molecule is Cc1c(Cl)cc(S(=O)(=O)N(Cc2ccco2)C2CC2)cc1[N+](=O)[O-]. The number of benzene rings is 1. The van der Waals surface area contributed by atoms with E-state index < -0.39 is 14.9 Å². The third kappa shape index (κ3) is 3.17. The maximum atomic E-state index is 13.0. The number of nitro groups is 1. The smallest absolute Gasteiger partial charge is 0.275 e. The van der Waals surface area contributed by atoms with E-state index in [0.717, 1.165) is 18.9 Å². The van der Waals surface area contributed by atoms with E-state index in [0.29, 0.717) is 5.76 Å². The van der Waals surface area contributed by atoms with Crippen molar-refractivity contribution in [3.63, 3.8) is 0 Å². The van der Waals surface area contributed by atoms with E-state index in [1.165, 1.54) is 23.6 Å². The highest BCUT2D eigenvalue weighted by Crippen LogP contribution is 2.36. The molecule has 2 aromatic rings. The summed E-state index contributed by atoms with van der Waals surface area (Å²) >= 11 is 6.01. The van der Waals surface area contributed by atoms with Gasteiger partial charge < -0.3 is 4.42 Å². The minimum atomic E-state index is -3.92. The van der Waals surface area contributed by atoms with Gasteiger partial charge in [-0.1, -0.05) is 11.6 Å².